The van der Waals surface area contributed by atoms with Crippen molar-refractivity contribution in [2.75, 3.05) is 13.2 Å². The SMILES string of the molecule is OCC1(CNC2CC3CCC2C3)CCCC1. The highest BCUT2D eigenvalue weighted by molar-refractivity contribution is 4.96. The van der Waals surface area contributed by atoms with E-state index in [0.29, 0.717) is 6.61 Å². The van der Waals surface area contributed by atoms with Crippen LogP contribution < -0.4 is 5.32 Å². The minimum atomic E-state index is 0.238. The Morgan fingerprint density at radius 1 is 1.12 bits per heavy atom. The predicted molar refractivity (Wildman–Crippen MR) is 65.2 cm³/mol. The summed E-state index contributed by atoms with van der Waals surface area (Å²) < 4.78 is 0. The molecule has 0 spiro atoms. The van der Waals surface area contributed by atoms with Crippen LogP contribution in [-0.2, 0) is 0 Å². The molecule has 3 unspecified atom stereocenters. The Hall–Kier alpha value is -0.0800. The second-order valence-corrected chi connectivity index (χ2v) is 6.53. The summed E-state index contributed by atoms with van der Waals surface area (Å²) in [5.41, 5.74) is 0.238. The topological polar surface area (TPSA) is 32.3 Å². The Kier molecular flexibility index (Phi) is 2.97. The van der Waals surface area contributed by atoms with E-state index in [1.54, 1.807) is 0 Å². The normalized spacial score (nSPS) is 40.7. The third-order valence-corrected chi connectivity index (χ3v) is 5.48. The summed E-state index contributed by atoms with van der Waals surface area (Å²) in [5.74, 6) is 1.98. The van der Waals surface area contributed by atoms with E-state index in [1.165, 1.54) is 51.4 Å². The first-order chi connectivity index (χ1) is 7.81. The Bertz CT molecular complexity index is 247. The van der Waals surface area contributed by atoms with E-state index >= 15 is 0 Å². The minimum absolute atomic E-state index is 0.238. The van der Waals surface area contributed by atoms with E-state index in [1.807, 2.05) is 0 Å². The monoisotopic (exact) mass is 223 g/mol. The van der Waals surface area contributed by atoms with Gasteiger partial charge in [-0.3, -0.25) is 0 Å². The van der Waals surface area contributed by atoms with Crippen LogP contribution in [0.5, 0.6) is 0 Å². The summed E-state index contributed by atoms with van der Waals surface area (Å²) in [5, 5.41) is 13.4. The molecular formula is C14H25NO. The number of aliphatic hydroxyl groups is 1. The highest BCUT2D eigenvalue weighted by Gasteiger charge is 2.41. The fourth-order valence-electron chi connectivity index (χ4n) is 4.36. The van der Waals surface area contributed by atoms with Crippen LogP contribution in [0.4, 0.5) is 0 Å². The van der Waals surface area contributed by atoms with E-state index in [4.69, 9.17) is 0 Å². The van der Waals surface area contributed by atoms with E-state index in [-0.39, 0.29) is 5.41 Å². The lowest BCUT2D eigenvalue weighted by molar-refractivity contribution is 0.121. The second kappa shape index (κ2) is 4.30. The summed E-state index contributed by atoms with van der Waals surface area (Å²) in [6.07, 6.45) is 10.9. The van der Waals surface area contributed by atoms with Crippen LogP contribution in [0, 0.1) is 17.3 Å². The quantitative estimate of drug-likeness (QED) is 0.766. The summed E-state index contributed by atoms with van der Waals surface area (Å²) in [4.78, 5) is 0. The summed E-state index contributed by atoms with van der Waals surface area (Å²) in [6, 6.07) is 0.780. The molecule has 2 heteroatoms. The third kappa shape index (κ3) is 1.91. The number of hydrogen-bond acceptors (Lipinski definition) is 2. The van der Waals surface area contributed by atoms with Crippen molar-refractivity contribution >= 4 is 0 Å². The van der Waals surface area contributed by atoms with Gasteiger partial charge in [-0.1, -0.05) is 19.3 Å². The molecule has 92 valence electrons. The second-order valence-electron chi connectivity index (χ2n) is 6.53. The fourth-order valence-corrected chi connectivity index (χ4v) is 4.36. The molecule has 3 aliphatic carbocycles. The molecule has 2 N–H and O–H groups in total. The molecule has 3 atom stereocenters. The smallest absolute Gasteiger partial charge is 0.0499 e. The standard InChI is InChI=1S/C14H25NO/c16-10-14(5-1-2-6-14)9-15-13-8-11-3-4-12(13)7-11/h11-13,15-16H,1-10H2. The highest BCUT2D eigenvalue weighted by atomic mass is 16.3. The molecule has 0 radical (unpaired) electrons. The van der Waals surface area contributed by atoms with Crippen molar-refractivity contribution in [2.24, 2.45) is 17.3 Å². The molecule has 0 aromatic rings. The molecule has 0 aromatic heterocycles. The molecule has 3 rings (SSSR count). The molecule has 0 aliphatic heterocycles. The molecule has 0 saturated heterocycles. The van der Waals surface area contributed by atoms with E-state index < -0.39 is 0 Å². The van der Waals surface area contributed by atoms with E-state index in [0.717, 1.165) is 24.4 Å². The molecular weight excluding hydrogens is 198 g/mol. The van der Waals surface area contributed by atoms with Gasteiger partial charge in [0.2, 0.25) is 0 Å². The van der Waals surface area contributed by atoms with E-state index in [9.17, 15) is 5.11 Å². The van der Waals surface area contributed by atoms with Gasteiger partial charge in [0, 0.05) is 24.6 Å². The van der Waals surface area contributed by atoms with Gasteiger partial charge >= 0.3 is 0 Å². The molecule has 0 heterocycles. The van der Waals surface area contributed by atoms with Crippen molar-refractivity contribution in [1.29, 1.82) is 0 Å². The first kappa shape index (κ1) is 11.0. The number of rotatable bonds is 4. The van der Waals surface area contributed by atoms with Crippen LogP contribution in [0.1, 0.15) is 51.4 Å². The lowest BCUT2D eigenvalue weighted by Gasteiger charge is -2.31. The van der Waals surface area contributed by atoms with Gasteiger partial charge in [-0.15, -0.1) is 0 Å². The van der Waals surface area contributed by atoms with Crippen LogP contribution in [0.2, 0.25) is 0 Å². The van der Waals surface area contributed by atoms with Gasteiger partial charge in [-0.05, 0) is 43.9 Å². The average Bonchev–Trinajstić information content (AvgIpc) is 3.03. The molecule has 3 fully saturated rings. The Balaban J connectivity index is 1.52. The molecule has 2 bridgehead atoms. The molecule has 0 aromatic carbocycles. The first-order valence-corrected chi connectivity index (χ1v) is 7.16. The van der Waals surface area contributed by atoms with Crippen molar-refractivity contribution in [3.05, 3.63) is 0 Å². The first-order valence-electron chi connectivity index (χ1n) is 7.16. The Labute approximate surface area is 98.8 Å². The number of fused-ring (bicyclic) bond motifs is 2. The summed E-state index contributed by atoms with van der Waals surface area (Å²) in [7, 11) is 0. The van der Waals surface area contributed by atoms with E-state index in [2.05, 4.69) is 5.32 Å². The van der Waals surface area contributed by atoms with Crippen LogP contribution >= 0.6 is 0 Å². The molecule has 3 saturated carbocycles. The maximum absolute atomic E-state index is 9.58. The number of hydrogen-bond donors (Lipinski definition) is 2. The minimum Gasteiger partial charge on any atom is -0.396 e. The number of aliphatic hydroxyl groups excluding tert-OH is 1. The van der Waals surface area contributed by atoms with Gasteiger partial charge in [0.25, 0.3) is 0 Å². The van der Waals surface area contributed by atoms with Gasteiger partial charge in [-0.25, -0.2) is 0 Å². The Morgan fingerprint density at radius 3 is 2.50 bits per heavy atom. The fraction of sp³-hybridized carbons (Fsp3) is 1.00. The van der Waals surface area contributed by atoms with Crippen LogP contribution in [0.15, 0.2) is 0 Å². The zero-order chi connectivity index (χ0) is 11.0. The zero-order valence-corrected chi connectivity index (χ0v) is 10.3. The number of nitrogens with one attached hydrogen (secondary N) is 1. The molecule has 3 aliphatic rings. The largest absolute Gasteiger partial charge is 0.396 e. The highest BCUT2D eigenvalue weighted by Crippen LogP contribution is 2.45. The summed E-state index contributed by atoms with van der Waals surface area (Å²) in [6.45, 7) is 1.46. The van der Waals surface area contributed by atoms with Gasteiger partial charge in [0.15, 0.2) is 0 Å². The van der Waals surface area contributed by atoms with Crippen molar-refractivity contribution < 1.29 is 5.11 Å². The lowest BCUT2D eigenvalue weighted by atomic mass is 9.86. The van der Waals surface area contributed by atoms with Crippen LogP contribution in [-0.4, -0.2) is 24.3 Å². The van der Waals surface area contributed by atoms with Crippen molar-refractivity contribution in [2.45, 2.75) is 57.4 Å². The van der Waals surface area contributed by atoms with Crippen molar-refractivity contribution in [3.63, 3.8) is 0 Å². The zero-order valence-electron chi connectivity index (χ0n) is 10.3. The predicted octanol–water partition coefficient (Wildman–Crippen LogP) is 2.32. The van der Waals surface area contributed by atoms with Gasteiger partial charge in [-0.2, -0.15) is 0 Å². The van der Waals surface area contributed by atoms with Gasteiger partial charge < -0.3 is 10.4 Å². The van der Waals surface area contributed by atoms with Gasteiger partial charge in [0.1, 0.15) is 0 Å². The van der Waals surface area contributed by atoms with Gasteiger partial charge in [0.05, 0.1) is 0 Å². The van der Waals surface area contributed by atoms with Crippen LogP contribution in [0.3, 0.4) is 0 Å². The third-order valence-electron chi connectivity index (χ3n) is 5.48. The average molecular weight is 223 g/mol. The molecule has 2 nitrogen and oxygen atoms in total. The van der Waals surface area contributed by atoms with Crippen molar-refractivity contribution in [1.82, 2.24) is 5.32 Å². The lowest BCUT2D eigenvalue weighted by Crippen LogP contribution is -2.42. The molecule has 0 amide bonds. The summed E-state index contributed by atoms with van der Waals surface area (Å²) >= 11 is 0. The molecule has 16 heavy (non-hydrogen) atoms. The maximum Gasteiger partial charge on any atom is 0.0499 e. The maximum atomic E-state index is 9.58. The van der Waals surface area contributed by atoms with Crippen LogP contribution in [0.25, 0.3) is 0 Å². The Morgan fingerprint density at radius 2 is 1.94 bits per heavy atom. The van der Waals surface area contributed by atoms with Crippen molar-refractivity contribution in [3.8, 4) is 0 Å².